The maximum absolute atomic E-state index is 12.0. The van der Waals surface area contributed by atoms with Crippen LogP contribution in [0.4, 0.5) is 0 Å². The zero-order valence-electron chi connectivity index (χ0n) is 13.5. The van der Waals surface area contributed by atoms with Crippen LogP contribution in [-0.4, -0.2) is 40.0 Å². The summed E-state index contributed by atoms with van der Waals surface area (Å²) in [5.74, 6) is 0.0786. The van der Waals surface area contributed by atoms with Crippen LogP contribution in [0.3, 0.4) is 0 Å². The van der Waals surface area contributed by atoms with Crippen molar-refractivity contribution in [3.8, 4) is 0 Å². The first kappa shape index (κ1) is 17.9. The van der Waals surface area contributed by atoms with E-state index in [1.807, 2.05) is 0 Å². The van der Waals surface area contributed by atoms with Crippen LogP contribution >= 0.6 is 0 Å². The molecule has 0 radical (unpaired) electrons. The number of carbonyl (C=O) groups excluding carboxylic acids is 1. The van der Waals surface area contributed by atoms with Gasteiger partial charge in [0, 0.05) is 6.54 Å². The van der Waals surface area contributed by atoms with E-state index < -0.39 is 10.0 Å². The van der Waals surface area contributed by atoms with Crippen molar-refractivity contribution in [1.82, 2.24) is 5.32 Å². The molecule has 23 heavy (non-hydrogen) atoms. The minimum atomic E-state index is -3.65. The number of sulfonamides is 1. The predicted octanol–water partition coefficient (Wildman–Crippen LogP) is -0.550. The molecule has 1 aliphatic rings. The summed E-state index contributed by atoms with van der Waals surface area (Å²) in [7, 11) is -3.65. The Morgan fingerprint density at radius 2 is 2.00 bits per heavy atom. The highest BCUT2D eigenvalue weighted by Crippen LogP contribution is 2.08. The molecular weight excluding hydrogens is 314 g/mol. The number of rotatable bonds is 6. The van der Waals surface area contributed by atoms with E-state index >= 15 is 0 Å². The molecule has 0 saturated carbocycles. The number of likely N-dealkylation sites (tertiary alicyclic amines) is 1. The molecule has 1 amide bonds. The molecule has 1 heterocycles. The maximum Gasteiger partial charge on any atom is 0.275 e. The highest BCUT2D eigenvalue weighted by Gasteiger charge is 2.23. The quantitative estimate of drug-likeness (QED) is 0.649. The Balaban J connectivity index is 1.75. The van der Waals surface area contributed by atoms with E-state index in [4.69, 9.17) is 5.14 Å². The second kappa shape index (κ2) is 7.90. The Hall–Kier alpha value is -1.44. The Morgan fingerprint density at radius 1 is 1.30 bits per heavy atom. The molecule has 0 bridgehead atoms. The topological polar surface area (TPSA) is 93.7 Å². The highest BCUT2D eigenvalue weighted by atomic mass is 32.2. The molecule has 1 unspecified atom stereocenters. The number of nitrogens with two attached hydrogens (primary N) is 1. The third kappa shape index (κ3) is 5.60. The van der Waals surface area contributed by atoms with Crippen molar-refractivity contribution in [3.05, 3.63) is 29.8 Å². The third-order valence-electron chi connectivity index (χ3n) is 4.46. The van der Waals surface area contributed by atoms with E-state index in [0.717, 1.165) is 12.1 Å². The van der Waals surface area contributed by atoms with Crippen LogP contribution in [0.15, 0.2) is 29.2 Å². The smallest absolute Gasteiger partial charge is 0.275 e. The average molecular weight is 340 g/mol. The molecule has 1 aromatic rings. The normalized spacial score (nSPS) is 21.8. The molecule has 7 heteroatoms. The summed E-state index contributed by atoms with van der Waals surface area (Å²) in [5, 5.41) is 8.00. The summed E-state index contributed by atoms with van der Waals surface area (Å²) in [4.78, 5) is 13.5. The average Bonchev–Trinajstić information content (AvgIpc) is 2.49. The van der Waals surface area contributed by atoms with E-state index in [-0.39, 0.29) is 10.8 Å². The van der Waals surface area contributed by atoms with E-state index in [1.54, 1.807) is 12.1 Å². The molecule has 0 aliphatic carbocycles. The summed E-state index contributed by atoms with van der Waals surface area (Å²) in [6.45, 7) is 4.36. The van der Waals surface area contributed by atoms with E-state index in [9.17, 15) is 13.2 Å². The molecule has 0 spiro atoms. The Kier molecular flexibility index (Phi) is 6.15. The fraction of sp³-hybridized carbons (Fsp3) is 0.562. The van der Waals surface area contributed by atoms with Gasteiger partial charge in [0.2, 0.25) is 10.0 Å². The number of quaternary nitrogens is 1. The third-order valence-corrected chi connectivity index (χ3v) is 5.39. The first-order chi connectivity index (χ1) is 10.9. The van der Waals surface area contributed by atoms with Gasteiger partial charge in [-0.2, -0.15) is 0 Å². The van der Waals surface area contributed by atoms with Gasteiger partial charge in [-0.05, 0) is 50.3 Å². The number of piperidine rings is 1. The molecule has 6 nitrogen and oxygen atoms in total. The van der Waals surface area contributed by atoms with Gasteiger partial charge in [0.15, 0.2) is 6.54 Å². The predicted molar refractivity (Wildman–Crippen MR) is 88.5 cm³/mol. The summed E-state index contributed by atoms with van der Waals surface area (Å²) in [6.07, 6.45) is 4.32. The first-order valence-electron chi connectivity index (χ1n) is 8.09. The van der Waals surface area contributed by atoms with E-state index in [1.165, 1.54) is 36.3 Å². The number of amides is 1. The van der Waals surface area contributed by atoms with Gasteiger partial charge in [-0.3, -0.25) is 4.79 Å². The molecular formula is C16H26N3O3S+. The van der Waals surface area contributed by atoms with Crippen LogP contribution in [0.1, 0.15) is 31.7 Å². The lowest BCUT2D eigenvalue weighted by molar-refractivity contribution is -0.921. The van der Waals surface area contributed by atoms with Gasteiger partial charge in [0.1, 0.15) is 0 Å². The SMILES string of the molecule is C[C@H]1CCCC[NH+]1CC(=O)NCCc1ccc(S(N)(=O)=O)cc1. The van der Waals surface area contributed by atoms with Crippen molar-refractivity contribution in [3.63, 3.8) is 0 Å². The molecule has 1 saturated heterocycles. The lowest BCUT2D eigenvalue weighted by Gasteiger charge is -2.29. The molecule has 1 fully saturated rings. The maximum atomic E-state index is 12.0. The van der Waals surface area contributed by atoms with Gasteiger partial charge < -0.3 is 10.2 Å². The molecule has 128 valence electrons. The van der Waals surface area contributed by atoms with Crippen molar-refractivity contribution in [1.29, 1.82) is 0 Å². The lowest BCUT2D eigenvalue weighted by atomic mass is 10.0. The fourth-order valence-corrected chi connectivity index (χ4v) is 3.49. The van der Waals surface area contributed by atoms with Crippen LogP contribution in [0.25, 0.3) is 0 Å². The van der Waals surface area contributed by atoms with Gasteiger partial charge in [0.05, 0.1) is 17.5 Å². The number of carbonyl (C=O) groups is 1. The summed E-state index contributed by atoms with van der Waals surface area (Å²) < 4.78 is 22.4. The molecule has 1 aliphatic heterocycles. The Morgan fingerprint density at radius 3 is 2.61 bits per heavy atom. The van der Waals surface area contributed by atoms with E-state index in [0.29, 0.717) is 25.6 Å². The monoisotopic (exact) mass is 340 g/mol. The molecule has 1 aromatic carbocycles. The zero-order valence-corrected chi connectivity index (χ0v) is 14.4. The summed E-state index contributed by atoms with van der Waals surface area (Å²) in [5.41, 5.74) is 0.969. The molecule has 2 atom stereocenters. The second-order valence-corrected chi connectivity index (χ2v) is 7.83. The van der Waals surface area contributed by atoms with Crippen LogP contribution in [-0.2, 0) is 21.2 Å². The van der Waals surface area contributed by atoms with Crippen LogP contribution in [0.5, 0.6) is 0 Å². The second-order valence-electron chi connectivity index (χ2n) is 6.27. The molecule has 2 rings (SSSR count). The van der Waals surface area contributed by atoms with Crippen molar-refractivity contribution >= 4 is 15.9 Å². The van der Waals surface area contributed by atoms with Crippen molar-refractivity contribution in [2.75, 3.05) is 19.6 Å². The number of hydrogen-bond donors (Lipinski definition) is 3. The van der Waals surface area contributed by atoms with Crippen LogP contribution in [0.2, 0.25) is 0 Å². The van der Waals surface area contributed by atoms with E-state index in [2.05, 4.69) is 12.2 Å². The number of nitrogens with one attached hydrogen (secondary N) is 2. The van der Waals surface area contributed by atoms with Gasteiger partial charge in [-0.1, -0.05) is 12.1 Å². The minimum Gasteiger partial charge on any atom is -0.351 e. The Bertz CT molecular complexity index is 628. The lowest BCUT2D eigenvalue weighted by Crippen LogP contribution is -3.17. The van der Waals surface area contributed by atoms with Gasteiger partial charge in [0.25, 0.3) is 5.91 Å². The Labute approximate surface area is 138 Å². The summed E-state index contributed by atoms with van der Waals surface area (Å²) >= 11 is 0. The molecule has 0 aromatic heterocycles. The summed E-state index contributed by atoms with van der Waals surface area (Å²) in [6, 6.07) is 6.99. The minimum absolute atomic E-state index is 0.0786. The molecule has 4 N–H and O–H groups in total. The number of primary sulfonamides is 1. The van der Waals surface area contributed by atoms with Gasteiger partial charge in [-0.25, -0.2) is 13.6 Å². The van der Waals surface area contributed by atoms with Crippen LogP contribution in [0, 0.1) is 0 Å². The number of hydrogen-bond acceptors (Lipinski definition) is 3. The number of benzene rings is 1. The van der Waals surface area contributed by atoms with Gasteiger partial charge >= 0.3 is 0 Å². The zero-order chi connectivity index (χ0) is 16.9. The standard InChI is InChI=1S/C16H25N3O3S/c1-13-4-2-3-11-19(13)12-16(20)18-10-9-14-5-7-15(8-6-14)23(17,21)22/h5-8,13H,2-4,9-12H2,1H3,(H,18,20)(H2,17,21,22)/p+1/t13-/m0/s1. The van der Waals surface area contributed by atoms with Gasteiger partial charge in [-0.15, -0.1) is 0 Å². The fourth-order valence-electron chi connectivity index (χ4n) is 2.98. The van der Waals surface area contributed by atoms with Crippen molar-refractivity contribution < 1.29 is 18.1 Å². The van der Waals surface area contributed by atoms with Crippen LogP contribution < -0.4 is 15.4 Å². The highest BCUT2D eigenvalue weighted by molar-refractivity contribution is 7.89. The van der Waals surface area contributed by atoms with Crippen molar-refractivity contribution in [2.24, 2.45) is 5.14 Å². The van der Waals surface area contributed by atoms with Crippen molar-refractivity contribution in [2.45, 2.75) is 43.5 Å². The largest absolute Gasteiger partial charge is 0.351 e. The first-order valence-corrected chi connectivity index (χ1v) is 9.64.